The molecule has 20 heavy (non-hydrogen) atoms. The Morgan fingerprint density at radius 3 is 2.70 bits per heavy atom. The maximum Gasteiger partial charge on any atom is 0.135 e. The van der Waals surface area contributed by atoms with E-state index in [1.54, 1.807) is 6.33 Å². The van der Waals surface area contributed by atoms with Crippen molar-refractivity contribution in [2.45, 2.75) is 45.1 Å². The molecule has 1 aromatic heterocycles. The number of likely N-dealkylation sites (N-methyl/N-ethyl adjacent to an activating group) is 1. The molecule has 0 aromatic carbocycles. The van der Waals surface area contributed by atoms with Gasteiger partial charge in [-0.05, 0) is 32.4 Å². The van der Waals surface area contributed by atoms with Gasteiger partial charge in [0.05, 0.1) is 0 Å². The molecule has 1 saturated heterocycles. The largest absolute Gasteiger partial charge is 0.373 e. The molecule has 0 saturated carbocycles. The standard InChI is InChI=1S/C15H27N5/c1-11(2)13-14(16-3)18-10-19-15(13)17-9-12-7-5-6-8-20(12)4/h10-12H,5-9H2,1-4H3,(H2,16,17,18,19). The molecule has 0 aliphatic carbocycles. The van der Waals surface area contributed by atoms with Crippen LogP contribution >= 0.6 is 0 Å². The number of rotatable bonds is 5. The lowest BCUT2D eigenvalue weighted by molar-refractivity contribution is 0.194. The number of anilines is 2. The Balaban J connectivity index is 2.08. The van der Waals surface area contributed by atoms with Gasteiger partial charge in [-0.2, -0.15) is 0 Å². The third kappa shape index (κ3) is 3.39. The first-order valence-electron chi connectivity index (χ1n) is 7.60. The minimum atomic E-state index is 0.394. The van der Waals surface area contributed by atoms with Gasteiger partial charge in [0.15, 0.2) is 0 Å². The molecule has 0 radical (unpaired) electrons. The number of piperidine rings is 1. The highest BCUT2D eigenvalue weighted by atomic mass is 15.2. The SMILES string of the molecule is CNc1ncnc(NCC2CCCCN2C)c1C(C)C. The second-order valence-electron chi connectivity index (χ2n) is 5.90. The average Bonchev–Trinajstić information content (AvgIpc) is 2.45. The number of likely N-dealkylation sites (tertiary alicyclic amines) is 1. The fourth-order valence-corrected chi connectivity index (χ4v) is 2.90. The van der Waals surface area contributed by atoms with Crippen LogP contribution in [0.5, 0.6) is 0 Å². The van der Waals surface area contributed by atoms with Crippen LogP contribution < -0.4 is 10.6 Å². The van der Waals surface area contributed by atoms with Crippen molar-refractivity contribution in [2.75, 3.05) is 37.8 Å². The van der Waals surface area contributed by atoms with Crippen molar-refractivity contribution in [1.82, 2.24) is 14.9 Å². The van der Waals surface area contributed by atoms with Gasteiger partial charge < -0.3 is 15.5 Å². The molecule has 1 aromatic rings. The molecule has 2 N–H and O–H groups in total. The van der Waals surface area contributed by atoms with E-state index in [0.29, 0.717) is 12.0 Å². The van der Waals surface area contributed by atoms with Crippen LogP contribution in [0.1, 0.15) is 44.6 Å². The van der Waals surface area contributed by atoms with Crippen LogP contribution in [0.15, 0.2) is 6.33 Å². The number of hydrogen-bond acceptors (Lipinski definition) is 5. The zero-order chi connectivity index (χ0) is 14.5. The molecule has 2 rings (SSSR count). The fraction of sp³-hybridized carbons (Fsp3) is 0.733. The first kappa shape index (κ1) is 15.0. The average molecular weight is 277 g/mol. The number of aromatic nitrogens is 2. The van der Waals surface area contributed by atoms with Crippen molar-refractivity contribution >= 4 is 11.6 Å². The van der Waals surface area contributed by atoms with Crippen molar-refractivity contribution < 1.29 is 0 Å². The van der Waals surface area contributed by atoms with Crippen LogP contribution in [0.4, 0.5) is 11.6 Å². The molecule has 112 valence electrons. The maximum absolute atomic E-state index is 4.44. The third-order valence-corrected chi connectivity index (χ3v) is 4.12. The predicted octanol–water partition coefficient (Wildman–Crippen LogP) is 2.54. The summed E-state index contributed by atoms with van der Waals surface area (Å²) in [6.07, 6.45) is 5.55. The Morgan fingerprint density at radius 2 is 2.05 bits per heavy atom. The van der Waals surface area contributed by atoms with Gasteiger partial charge in [0, 0.05) is 25.2 Å². The Kier molecular flexibility index (Phi) is 5.17. The van der Waals surface area contributed by atoms with Crippen molar-refractivity contribution in [3.05, 3.63) is 11.9 Å². The summed E-state index contributed by atoms with van der Waals surface area (Å²) in [5, 5.41) is 6.70. The van der Waals surface area contributed by atoms with Crippen LogP contribution in [0.2, 0.25) is 0 Å². The van der Waals surface area contributed by atoms with Gasteiger partial charge in [-0.1, -0.05) is 20.3 Å². The zero-order valence-electron chi connectivity index (χ0n) is 13.1. The fourth-order valence-electron chi connectivity index (χ4n) is 2.90. The minimum absolute atomic E-state index is 0.394. The highest BCUT2D eigenvalue weighted by Crippen LogP contribution is 2.28. The highest BCUT2D eigenvalue weighted by Gasteiger charge is 2.20. The van der Waals surface area contributed by atoms with Gasteiger partial charge in [-0.25, -0.2) is 9.97 Å². The van der Waals surface area contributed by atoms with Crippen LogP contribution in [-0.2, 0) is 0 Å². The lowest BCUT2D eigenvalue weighted by atomic mass is 10.0. The second-order valence-corrected chi connectivity index (χ2v) is 5.90. The Labute approximate surface area is 122 Å². The highest BCUT2D eigenvalue weighted by molar-refractivity contribution is 5.58. The van der Waals surface area contributed by atoms with Crippen LogP contribution in [0.3, 0.4) is 0 Å². The molecule has 1 aliphatic heterocycles. The quantitative estimate of drug-likeness (QED) is 0.866. The summed E-state index contributed by atoms with van der Waals surface area (Å²) in [4.78, 5) is 11.2. The molecule has 1 unspecified atom stereocenters. The van der Waals surface area contributed by atoms with Gasteiger partial charge in [0.25, 0.3) is 0 Å². The van der Waals surface area contributed by atoms with Crippen molar-refractivity contribution in [1.29, 1.82) is 0 Å². The number of nitrogens with zero attached hydrogens (tertiary/aromatic N) is 3. The van der Waals surface area contributed by atoms with Crippen LogP contribution in [0.25, 0.3) is 0 Å². The van der Waals surface area contributed by atoms with Gasteiger partial charge in [0.2, 0.25) is 0 Å². The van der Waals surface area contributed by atoms with Crippen molar-refractivity contribution in [3.63, 3.8) is 0 Å². The lowest BCUT2D eigenvalue weighted by Gasteiger charge is -2.33. The first-order chi connectivity index (χ1) is 9.63. The molecular formula is C15H27N5. The second kappa shape index (κ2) is 6.88. The van der Waals surface area contributed by atoms with E-state index in [9.17, 15) is 0 Å². The van der Waals surface area contributed by atoms with Crippen molar-refractivity contribution in [3.8, 4) is 0 Å². The summed E-state index contributed by atoms with van der Waals surface area (Å²) in [5.41, 5.74) is 1.17. The van der Waals surface area contributed by atoms with Crippen molar-refractivity contribution in [2.24, 2.45) is 0 Å². The normalized spacial score (nSPS) is 20.1. The van der Waals surface area contributed by atoms with E-state index in [1.807, 2.05) is 7.05 Å². The van der Waals surface area contributed by atoms with Gasteiger partial charge >= 0.3 is 0 Å². The Bertz CT molecular complexity index is 432. The summed E-state index contributed by atoms with van der Waals surface area (Å²) < 4.78 is 0. The third-order valence-electron chi connectivity index (χ3n) is 4.12. The minimum Gasteiger partial charge on any atom is -0.373 e. The molecule has 1 atom stereocenters. The first-order valence-corrected chi connectivity index (χ1v) is 7.60. The molecule has 5 heteroatoms. The van der Waals surface area contributed by atoms with E-state index in [1.165, 1.54) is 31.4 Å². The lowest BCUT2D eigenvalue weighted by Crippen LogP contribution is -2.41. The Morgan fingerprint density at radius 1 is 1.30 bits per heavy atom. The molecular weight excluding hydrogens is 250 g/mol. The van der Waals surface area contributed by atoms with E-state index in [2.05, 4.69) is 46.4 Å². The summed E-state index contributed by atoms with van der Waals surface area (Å²) >= 11 is 0. The molecule has 0 amide bonds. The predicted molar refractivity (Wildman–Crippen MR) is 84.4 cm³/mol. The van der Waals surface area contributed by atoms with E-state index in [0.717, 1.165) is 18.2 Å². The summed E-state index contributed by atoms with van der Waals surface area (Å²) in [6, 6.07) is 0.608. The molecule has 2 heterocycles. The number of nitrogens with one attached hydrogen (secondary N) is 2. The summed E-state index contributed by atoms with van der Waals surface area (Å²) in [5.74, 6) is 2.29. The van der Waals surface area contributed by atoms with E-state index >= 15 is 0 Å². The van der Waals surface area contributed by atoms with Gasteiger partial charge in [0.1, 0.15) is 18.0 Å². The Hall–Kier alpha value is -1.36. The van der Waals surface area contributed by atoms with E-state index in [-0.39, 0.29) is 0 Å². The molecule has 1 fully saturated rings. The molecule has 0 spiro atoms. The summed E-state index contributed by atoms with van der Waals surface area (Å²) in [7, 11) is 4.13. The monoisotopic (exact) mass is 277 g/mol. The number of hydrogen-bond donors (Lipinski definition) is 2. The maximum atomic E-state index is 4.44. The summed E-state index contributed by atoms with van der Waals surface area (Å²) in [6.45, 7) is 6.51. The smallest absolute Gasteiger partial charge is 0.135 e. The molecule has 0 bridgehead atoms. The molecule has 1 aliphatic rings. The zero-order valence-corrected chi connectivity index (χ0v) is 13.1. The van der Waals surface area contributed by atoms with E-state index in [4.69, 9.17) is 0 Å². The van der Waals surface area contributed by atoms with Gasteiger partial charge in [-0.15, -0.1) is 0 Å². The van der Waals surface area contributed by atoms with E-state index < -0.39 is 0 Å². The van der Waals surface area contributed by atoms with Crippen LogP contribution in [0, 0.1) is 0 Å². The topological polar surface area (TPSA) is 53.1 Å². The van der Waals surface area contributed by atoms with Crippen LogP contribution in [-0.4, -0.2) is 48.1 Å². The molecule has 5 nitrogen and oxygen atoms in total. The van der Waals surface area contributed by atoms with Gasteiger partial charge in [-0.3, -0.25) is 0 Å².